The van der Waals surface area contributed by atoms with Crippen molar-refractivity contribution in [2.24, 2.45) is 0 Å². The Hall–Kier alpha value is -2.22. The Balaban J connectivity index is 1.62. The maximum atomic E-state index is 12.5. The summed E-state index contributed by atoms with van der Waals surface area (Å²) in [5.74, 6) is -1.21. The van der Waals surface area contributed by atoms with E-state index in [4.69, 9.17) is 0 Å². The molecular formula is C17H18BrN3O4. The van der Waals surface area contributed by atoms with Crippen LogP contribution in [0.5, 0.6) is 0 Å². The molecule has 25 heavy (non-hydrogen) atoms. The molecule has 1 saturated heterocycles. The molecule has 0 atom stereocenters. The lowest BCUT2D eigenvalue weighted by Crippen LogP contribution is -2.49. The van der Waals surface area contributed by atoms with Crippen LogP contribution in [0, 0.1) is 0 Å². The van der Waals surface area contributed by atoms with Gasteiger partial charge in [0.25, 0.3) is 11.8 Å². The number of hydrogen-bond donors (Lipinski definition) is 1. The normalized spacial score (nSPS) is 17.7. The van der Waals surface area contributed by atoms with Gasteiger partial charge in [-0.25, -0.2) is 0 Å². The molecule has 4 amide bonds. The van der Waals surface area contributed by atoms with E-state index in [-0.39, 0.29) is 24.4 Å². The summed E-state index contributed by atoms with van der Waals surface area (Å²) in [6.07, 6.45) is 1.33. The number of hydrogen-bond acceptors (Lipinski definition) is 4. The highest BCUT2D eigenvalue weighted by atomic mass is 79.9. The Kier molecular flexibility index (Phi) is 4.89. The van der Waals surface area contributed by atoms with Gasteiger partial charge in [-0.05, 0) is 31.0 Å². The number of nitrogens with zero attached hydrogens (tertiary/aromatic N) is 2. The Morgan fingerprint density at radius 1 is 1.16 bits per heavy atom. The molecule has 3 rings (SSSR count). The van der Waals surface area contributed by atoms with Crippen LogP contribution in [-0.4, -0.2) is 59.1 Å². The molecule has 132 valence electrons. The zero-order chi connectivity index (χ0) is 18.1. The van der Waals surface area contributed by atoms with Crippen LogP contribution >= 0.6 is 15.9 Å². The predicted molar refractivity (Wildman–Crippen MR) is 92.9 cm³/mol. The van der Waals surface area contributed by atoms with Gasteiger partial charge >= 0.3 is 0 Å². The van der Waals surface area contributed by atoms with E-state index in [1.807, 2.05) is 0 Å². The first-order valence-corrected chi connectivity index (χ1v) is 8.86. The third kappa shape index (κ3) is 3.58. The van der Waals surface area contributed by atoms with Crippen molar-refractivity contribution in [1.82, 2.24) is 15.1 Å². The van der Waals surface area contributed by atoms with Gasteiger partial charge < -0.3 is 10.2 Å². The maximum absolute atomic E-state index is 12.5. The lowest BCUT2D eigenvalue weighted by atomic mass is 10.0. The summed E-state index contributed by atoms with van der Waals surface area (Å²) in [6, 6.07) is 4.95. The average Bonchev–Trinajstić information content (AvgIpc) is 2.79. The number of fused-ring (bicyclic) bond motifs is 1. The van der Waals surface area contributed by atoms with Crippen molar-refractivity contribution in [3.8, 4) is 0 Å². The van der Waals surface area contributed by atoms with Gasteiger partial charge in [0.05, 0.1) is 11.1 Å². The second-order valence-electron chi connectivity index (χ2n) is 6.24. The number of carbonyl (C=O) groups is 4. The third-order valence-corrected chi connectivity index (χ3v) is 4.97. The number of halogens is 1. The van der Waals surface area contributed by atoms with E-state index in [9.17, 15) is 19.2 Å². The van der Waals surface area contributed by atoms with Crippen LogP contribution in [0.2, 0.25) is 0 Å². The van der Waals surface area contributed by atoms with Crippen LogP contribution in [0.3, 0.4) is 0 Å². The van der Waals surface area contributed by atoms with Gasteiger partial charge in [0.1, 0.15) is 6.54 Å². The number of rotatable bonds is 3. The Morgan fingerprint density at radius 2 is 1.80 bits per heavy atom. The molecule has 8 heteroatoms. The molecule has 0 spiro atoms. The molecule has 7 nitrogen and oxygen atoms in total. The third-order valence-electron chi connectivity index (χ3n) is 4.48. The van der Waals surface area contributed by atoms with Crippen LogP contribution < -0.4 is 5.32 Å². The maximum Gasteiger partial charge on any atom is 0.262 e. The fourth-order valence-corrected chi connectivity index (χ4v) is 3.56. The molecule has 0 bridgehead atoms. The SMILES string of the molecule is CC(=O)NC1CCN(C(=O)CN2C(=O)c3ccc(Br)cc3C2=O)CC1. The van der Waals surface area contributed by atoms with Crippen molar-refractivity contribution in [1.29, 1.82) is 0 Å². The minimum absolute atomic E-state index is 0.0678. The summed E-state index contributed by atoms with van der Waals surface area (Å²) >= 11 is 3.28. The van der Waals surface area contributed by atoms with Crippen molar-refractivity contribution < 1.29 is 19.2 Å². The summed E-state index contributed by atoms with van der Waals surface area (Å²) in [5.41, 5.74) is 0.641. The van der Waals surface area contributed by atoms with Crippen LogP contribution in [0.4, 0.5) is 0 Å². The van der Waals surface area contributed by atoms with E-state index in [0.717, 1.165) is 4.90 Å². The summed E-state index contributed by atoms with van der Waals surface area (Å²) in [4.78, 5) is 51.0. The lowest BCUT2D eigenvalue weighted by molar-refractivity contribution is -0.132. The number of piperidine rings is 1. The van der Waals surface area contributed by atoms with Crippen LogP contribution in [0.1, 0.15) is 40.5 Å². The molecular weight excluding hydrogens is 390 g/mol. The zero-order valence-electron chi connectivity index (χ0n) is 13.8. The minimum Gasteiger partial charge on any atom is -0.353 e. The molecule has 0 unspecified atom stereocenters. The van der Waals surface area contributed by atoms with Gasteiger partial charge in [-0.1, -0.05) is 15.9 Å². The second-order valence-corrected chi connectivity index (χ2v) is 7.16. The van der Waals surface area contributed by atoms with Gasteiger partial charge in [0.15, 0.2) is 0 Å². The van der Waals surface area contributed by atoms with Crippen molar-refractivity contribution in [3.05, 3.63) is 33.8 Å². The number of amides is 4. The van der Waals surface area contributed by atoms with Crippen molar-refractivity contribution in [2.75, 3.05) is 19.6 Å². The molecule has 2 aliphatic rings. The van der Waals surface area contributed by atoms with E-state index >= 15 is 0 Å². The first-order valence-electron chi connectivity index (χ1n) is 8.07. The molecule has 1 aromatic carbocycles. The van der Waals surface area contributed by atoms with E-state index in [1.54, 1.807) is 23.1 Å². The fourth-order valence-electron chi connectivity index (χ4n) is 3.20. The number of carbonyl (C=O) groups excluding carboxylic acids is 4. The van der Waals surface area contributed by atoms with Gasteiger partial charge in [0.2, 0.25) is 11.8 Å². The van der Waals surface area contributed by atoms with Gasteiger partial charge in [0, 0.05) is 30.5 Å². The minimum atomic E-state index is -0.442. The van der Waals surface area contributed by atoms with Crippen LogP contribution in [0.25, 0.3) is 0 Å². The Labute approximate surface area is 153 Å². The number of benzene rings is 1. The number of imide groups is 1. The number of nitrogens with one attached hydrogen (secondary N) is 1. The first-order chi connectivity index (χ1) is 11.9. The van der Waals surface area contributed by atoms with E-state index in [2.05, 4.69) is 21.2 Å². The highest BCUT2D eigenvalue weighted by Gasteiger charge is 2.37. The average molecular weight is 408 g/mol. The highest BCUT2D eigenvalue weighted by molar-refractivity contribution is 9.10. The van der Waals surface area contributed by atoms with Crippen molar-refractivity contribution >= 4 is 39.6 Å². The van der Waals surface area contributed by atoms with Crippen molar-refractivity contribution in [2.45, 2.75) is 25.8 Å². The molecule has 2 heterocycles. The van der Waals surface area contributed by atoms with Crippen LogP contribution in [0.15, 0.2) is 22.7 Å². The smallest absolute Gasteiger partial charge is 0.262 e. The highest BCUT2D eigenvalue weighted by Crippen LogP contribution is 2.26. The van der Waals surface area contributed by atoms with E-state index in [1.165, 1.54) is 6.92 Å². The zero-order valence-corrected chi connectivity index (χ0v) is 15.3. The quantitative estimate of drug-likeness (QED) is 0.761. The molecule has 0 aliphatic carbocycles. The summed E-state index contributed by atoms with van der Waals surface area (Å²) in [5, 5.41) is 2.85. The lowest BCUT2D eigenvalue weighted by Gasteiger charge is -2.33. The molecule has 0 radical (unpaired) electrons. The molecule has 2 aliphatic heterocycles. The first kappa shape index (κ1) is 17.6. The monoisotopic (exact) mass is 407 g/mol. The van der Waals surface area contributed by atoms with E-state index in [0.29, 0.717) is 41.5 Å². The largest absolute Gasteiger partial charge is 0.353 e. The summed E-state index contributed by atoms with van der Waals surface area (Å²) in [6.45, 7) is 2.21. The van der Waals surface area contributed by atoms with Crippen LogP contribution in [-0.2, 0) is 9.59 Å². The standard InChI is InChI=1S/C17H18BrN3O4/c1-10(22)19-12-4-6-20(7-5-12)15(23)9-21-16(24)13-3-2-11(18)8-14(13)17(21)25/h2-3,8,12H,4-7,9H2,1H3,(H,19,22). The number of likely N-dealkylation sites (tertiary alicyclic amines) is 1. The predicted octanol–water partition coefficient (Wildman–Crippen LogP) is 1.17. The van der Waals surface area contributed by atoms with Gasteiger partial charge in [-0.2, -0.15) is 0 Å². The van der Waals surface area contributed by atoms with Gasteiger partial charge in [-0.15, -0.1) is 0 Å². The Bertz CT molecular complexity index is 756. The summed E-state index contributed by atoms with van der Waals surface area (Å²) < 4.78 is 0.709. The molecule has 0 aromatic heterocycles. The molecule has 1 N–H and O–H groups in total. The fraction of sp³-hybridized carbons (Fsp3) is 0.412. The molecule has 1 aromatic rings. The van der Waals surface area contributed by atoms with Crippen molar-refractivity contribution in [3.63, 3.8) is 0 Å². The second kappa shape index (κ2) is 6.95. The topological polar surface area (TPSA) is 86.8 Å². The van der Waals surface area contributed by atoms with Gasteiger partial charge in [-0.3, -0.25) is 24.1 Å². The molecule has 0 saturated carbocycles. The van der Waals surface area contributed by atoms with E-state index < -0.39 is 11.8 Å². The Morgan fingerprint density at radius 3 is 2.44 bits per heavy atom. The summed E-state index contributed by atoms with van der Waals surface area (Å²) in [7, 11) is 0. The molecule has 1 fully saturated rings.